The van der Waals surface area contributed by atoms with E-state index in [2.05, 4.69) is 6.92 Å². The van der Waals surface area contributed by atoms with E-state index >= 15 is 0 Å². The number of carbonyl (C=O) groups is 1. The summed E-state index contributed by atoms with van der Waals surface area (Å²) in [6.45, 7) is 2.07. The predicted molar refractivity (Wildman–Crippen MR) is 92.5 cm³/mol. The fourth-order valence-corrected chi connectivity index (χ4v) is 2.69. The van der Waals surface area contributed by atoms with E-state index in [-0.39, 0.29) is 0 Å². The molecule has 0 aliphatic rings. The molecule has 0 fully saturated rings. The van der Waals surface area contributed by atoms with Crippen molar-refractivity contribution in [2.45, 2.75) is 13.3 Å². The van der Waals surface area contributed by atoms with Crippen LogP contribution in [0.15, 0.2) is 36.4 Å². The Kier molecular flexibility index (Phi) is 7.86. The van der Waals surface area contributed by atoms with Gasteiger partial charge in [-0.05, 0) is 60.0 Å². The summed E-state index contributed by atoms with van der Waals surface area (Å²) in [7, 11) is 0. The third kappa shape index (κ3) is 6.90. The second kappa shape index (κ2) is 8.87. The van der Waals surface area contributed by atoms with Crippen molar-refractivity contribution in [1.82, 2.24) is 0 Å². The molecule has 0 heterocycles. The largest absolute Gasteiger partial charge is 0.276 e. The maximum atomic E-state index is 10.6. The maximum absolute atomic E-state index is 10.6. The molecule has 0 saturated heterocycles. The highest BCUT2D eigenvalue weighted by Gasteiger charge is 2.03. The molecular weight excluding hydrogens is 373 g/mol. The van der Waals surface area contributed by atoms with E-state index in [1.54, 1.807) is 6.07 Å². The Labute approximate surface area is 148 Å². The second-order valence-electron chi connectivity index (χ2n) is 4.06. The van der Waals surface area contributed by atoms with Gasteiger partial charge in [0.2, 0.25) is 0 Å². The lowest BCUT2D eigenvalue weighted by atomic mass is 10.2. The van der Waals surface area contributed by atoms with Crippen molar-refractivity contribution in [2.24, 2.45) is 0 Å². The second-order valence-corrected chi connectivity index (χ2v) is 6.15. The van der Waals surface area contributed by atoms with Gasteiger partial charge in [-0.1, -0.05) is 53.3 Å². The van der Waals surface area contributed by atoms with Gasteiger partial charge in [-0.15, -0.1) is 0 Å². The van der Waals surface area contributed by atoms with Gasteiger partial charge in [0.15, 0.2) is 0 Å². The van der Waals surface area contributed by atoms with E-state index in [1.165, 1.54) is 23.8 Å². The summed E-state index contributed by atoms with van der Waals surface area (Å²) in [5, 5.41) is 1.67. The average molecular weight is 385 g/mol. The molecule has 0 bridgehead atoms. The van der Waals surface area contributed by atoms with Crippen LogP contribution in [0.5, 0.6) is 0 Å². The SMILES string of the molecule is CCc1cc(Cl)cc(Cl)c1.O=C(Cl)c1cc(Cl)cc(Cl)c1. The molecule has 0 radical (unpaired) electrons. The molecule has 2 aromatic carbocycles. The first kappa shape index (κ1) is 18.6. The summed E-state index contributed by atoms with van der Waals surface area (Å²) < 4.78 is 0. The van der Waals surface area contributed by atoms with Gasteiger partial charge in [0.05, 0.1) is 0 Å². The molecule has 0 aromatic heterocycles. The van der Waals surface area contributed by atoms with Crippen LogP contribution in [-0.4, -0.2) is 5.24 Å². The number of hydrogen-bond acceptors (Lipinski definition) is 1. The molecule has 0 amide bonds. The molecule has 2 aromatic rings. The predicted octanol–water partition coefficient (Wildman–Crippen LogP) is 6.93. The molecule has 0 aliphatic heterocycles. The minimum atomic E-state index is -0.561. The van der Waals surface area contributed by atoms with Crippen LogP contribution < -0.4 is 0 Å². The first-order valence-electron chi connectivity index (χ1n) is 5.92. The normalized spacial score (nSPS) is 9.81. The molecule has 6 heteroatoms. The van der Waals surface area contributed by atoms with Gasteiger partial charge < -0.3 is 0 Å². The van der Waals surface area contributed by atoms with Crippen molar-refractivity contribution >= 4 is 63.2 Å². The van der Waals surface area contributed by atoms with E-state index in [4.69, 9.17) is 58.0 Å². The summed E-state index contributed by atoms with van der Waals surface area (Å²) in [5.41, 5.74) is 1.49. The van der Waals surface area contributed by atoms with Crippen LogP contribution in [0.4, 0.5) is 0 Å². The quantitative estimate of drug-likeness (QED) is 0.513. The zero-order chi connectivity index (χ0) is 16.0. The summed E-state index contributed by atoms with van der Waals surface area (Å²) >= 11 is 27.9. The molecule has 21 heavy (non-hydrogen) atoms. The molecule has 0 saturated carbocycles. The van der Waals surface area contributed by atoms with E-state index in [0.717, 1.165) is 6.42 Å². The first-order valence-corrected chi connectivity index (χ1v) is 7.81. The Morgan fingerprint density at radius 1 is 0.810 bits per heavy atom. The third-order valence-corrected chi connectivity index (χ3v) is 3.51. The van der Waals surface area contributed by atoms with Crippen molar-refractivity contribution in [2.75, 3.05) is 0 Å². The molecule has 0 atom stereocenters. The van der Waals surface area contributed by atoms with E-state index < -0.39 is 5.24 Å². The molecule has 112 valence electrons. The number of halogens is 5. The molecule has 0 N–H and O–H groups in total. The average Bonchev–Trinajstić information content (AvgIpc) is 2.37. The highest BCUT2D eigenvalue weighted by Crippen LogP contribution is 2.20. The van der Waals surface area contributed by atoms with Gasteiger partial charge in [0.1, 0.15) is 0 Å². The number of carbonyl (C=O) groups excluding carboxylic acids is 1. The molecule has 0 spiro atoms. The van der Waals surface area contributed by atoms with Crippen molar-refractivity contribution in [1.29, 1.82) is 0 Å². The Morgan fingerprint density at radius 3 is 1.52 bits per heavy atom. The minimum absolute atomic E-state index is 0.309. The fraction of sp³-hybridized carbons (Fsp3) is 0.133. The zero-order valence-corrected chi connectivity index (χ0v) is 14.7. The van der Waals surface area contributed by atoms with Gasteiger partial charge in [0.25, 0.3) is 5.24 Å². The first-order chi connectivity index (χ1) is 9.81. The van der Waals surface area contributed by atoms with Gasteiger partial charge in [0, 0.05) is 25.7 Å². The standard InChI is InChI=1S/C8H8Cl2.C7H3Cl3O/c1-2-6-3-7(9)5-8(10)4-6;8-5-1-4(7(10)11)2-6(9)3-5/h3-5H,2H2,1H3;1-3H. The van der Waals surface area contributed by atoms with Crippen molar-refractivity contribution in [3.05, 3.63) is 67.6 Å². The summed E-state index contributed by atoms with van der Waals surface area (Å²) in [6, 6.07) is 10.0. The minimum Gasteiger partial charge on any atom is -0.276 e. The Balaban J connectivity index is 0.000000211. The van der Waals surface area contributed by atoms with Crippen molar-refractivity contribution in [3.63, 3.8) is 0 Å². The van der Waals surface area contributed by atoms with Crippen LogP contribution in [0.3, 0.4) is 0 Å². The van der Waals surface area contributed by atoms with Crippen LogP contribution in [0.2, 0.25) is 20.1 Å². The molecule has 0 aliphatic carbocycles. The van der Waals surface area contributed by atoms with Gasteiger partial charge in [-0.25, -0.2) is 0 Å². The van der Waals surface area contributed by atoms with Crippen LogP contribution in [0.1, 0.15) is 22.8 Å². The zero-order valence-electron chi connectivity index (χ0n) is 11.0. The highest BCUT2D eigenvalue weighted by molar-refractivity contribution is 6.68. The highest BCUT2D eigenvalue weighted by atomic mass is 35.5. The molecule has 1 nitrogen and oxygen atoms in total. The monoisotopic (exact) mass is 382 g/mol. The van der Waals surface area contributed by atoms with Gasteiger partial charge >= 0.3 is 0 Å². The number of rotatable bonds is 2. The van der Waals surface area contributed by atoms with Crippen molar-refractivity contribution < 1.29 is 4.79 Å². The fourth-order valence-electron chi connectivity index (χ4n) is 1.48. The lowest BCUT2D eigenvalue weighted by Crippen LogP contribution is -1.87. The Morgan fingerprint density at radius 2 is 1.19 bits per heavy atom. The maximum Gasteiger partial charge on any atom is 0.252 e. The van der Waals surface area contributed by atoms with Crippen LogP contribution in [0.25, 0.3) is 0 Å². The van der Waals surface area contributed by atoms with Gasteiger partial charge in [-0.2, -0.15) is 0 Å². The van der Waals surface area contributed by atoms with Gasteiger partial charge in [-0.3, -0.25) is 4.79 Å². The number of benzene rings is 2. The Hall–Kier alpha value is -0.440. The summed E-state index contributed by atoms with van der Waals surface area (Å²) in [6.07, 6.45) is 0.972. The van der Waals surface area contributed by atoms with E-state index in [9.17, 15) is 4.79 Å². The topological polar surface area (TPSA) is 17.1 Å². The Bertz CT molecular complexity index is 599. The van der Waals surface area contributed by atoms with Crippen LogP contribution in [0, 0.1) is 0 Å². The lowest BCUT2D eigenvalue weighted by Gasteiger charge is -1.97. The van der Waals surface area contributed by atoms with E-state index in [0.29, 0.717) is 25.7 Å². The lowest BCUT2D eigenvalue weighted by molar-refractivity contribution is 0.108. The number of aryl methyl sites for hydroxylation is 1. The summed E-state index contributed by atoms with van der Waals surface area (Å²) in [4.78, 5) is 10.6. The van der Waals surface area contributed by atoms with Crippen LogP contribution >= 0.6 is 58.0 Å². The van der Waals surface area contributed by atoms with Crippen LogP contribution in [-0.2, 0) is 6.42 Å². The molecular formula is C15H11Cl5O. The smallest absolute Gasteiger partial charge is 0.252 e. The van der Waals surface area contributed by atoms with Crippen molar-refractivity contribution in [3.8, 4) is 0 Å². The summed E-state index contributed by atoms with van der Waals surface area (Å²) in [5.74, 6) is 0. The van der Waals surface area contributed by atoms with E-state index in [1.807, 2.05) is 12.1 Å². The molecule has 2 rings (SSSR count). The number of hydrogen-bond donors (Lipinski definition) is 0. The molecule has 0 unspecified atom stereocenters. The third-order valence-electron chi connectivity index (χ3n) is 2.42.